The number of halogens is 2. The summed E-state index contributed by atoms with van der Waals surface area (Å²) in [7, 11) is 0. The Balaban J connectivity index is 2.06. The quantitative estimate of drug-likeness (QED) is 0.781. The van der Waals surface area contributed by atoms with Crippen molar-refractivity contribution in [3.63, 3.8) is 0 Å². The molecule has 0 heterocycles. The Morgan fingerprint density at radius 1 is 1.21 bits per heavy atom. The highest BCUT2D eigenvalue weighted by Gasteiger charge is 2.08. The van der Waals surface area contributed by atoms with E-state index in [0.29, 0.717) is 12.4 Å². The van der Waals surface area contributed by atoms with Gasteiger partial charge in [0.15, 0.2) is 5.78 Å². The summed E-state index contributed by atoms with van der Waals surface area (Å²) in [6.07, 6.45) is 0. The smallest absolute Gasteiger partial charge is 0.162 e. The summed E-state index contributed by atoms with van der Waals surface area (Å²) in [6, 6.07) is 11.9. The van der Waals surface area contributed by atoms with Crippen LogP contribution in [0, 0.1) is 5.82 Å². The predicted molar refractivity (Wildman–Crippen MR) is 74.9 cm³/mol. The first kappa shape index (κ1) is 13.7. The number of rotatable bonds is 4. The van der Waals surface area contributed by atoms with E-state index in [1.807, 2.05) is 24.3 Å². The highest BCUT2D eigenvalue weighted by atomic mass is 79.9. The van der Waals surface area contributed by atoms with Crippen molar-refractivity contribution in [2.75, 3.05) is 0 Å². The first-order chi connectivity index (χ1) is 9.06. The van der Waals surface area contributed by atoms with E-state index < -0.39 is 5.82 Å². The molecule has 0 aliphatic heterocycles. The molecule has 2 nitrogen and oxygen atoms in total. The Hall–Kier alpha value is -1.68. The number of carbonyl (C=O) groups is 1. The van der Waals surface area contributed by atoms with Crippen LogP contribution in [0.2, 0.25) is 0 Å². The molecule has 2 aromatic carbocycles. The third-order valence-corrected chi connectivity index (χ3v) is 3.17. The van der Waals surface area contributed by atoms with Crippen molar-refractivity contribution in [1.82, 2.24) is 0 Å². The fraction of sp³-hybridized carbons (Fsp3) is 0.133. The number of ether oxygens (including phenoxy) is 1. The molecule has 0 aromatic heterocycles. The Morgan fingerprint density at radius 3 is 2.47 bits per heavy atom. The summed E-state index contributed by atoms with van der Waals surface area (Å²) < 4.78 is 20.0. The van der Waals surface area contributed by atoms with Gasteiger partial charge in [0.25, 0.3) is 0 Å². The molecule has 0 atom stereocenters. The largest absolute Gasteiger partial charge is 0.489 e. The summed E-state index contributed by atoms with van der Waals surface area (Å²) in [5, 5.41) is 0. The Morgan fingerprint density at radius 2 is 1.89 bits per heavy atom. The molecule has 0 saturated carbocycles. The van der Waals surface area contributed by atoms with Crippen LogP contribution in [0.4, 0.5) is 4.39 Å². The van der Waals surface area contributed by atoms with E-state index in [1.54, 1.807) is 6.07 Å². The molecule has 98 valence electrons. The van der Waals surface area contributed by atoms with Crippen LogP contribution in [0.5, 0.6) is 5.75 Å². The zero-order chi connectivity index (χ0) is 13.8. The second kappa shape index (κ2) is 5.97. The van der Waals surface area contributed by atoms with E-state index in [9.17, 15) is 9.18 Å². The van der Waals surface area contributed by atoms with Crippen molar-refractivity contribution in [3.8, 4) is 5.75 Å². The van der Waals surface area contributed by atoms with E-state index in [0.717, 1.165) is 10.0 Å². The zero-order valence-electron chi connectivity index (χ0n) is 10.3. The van der Waals surface area contributed by atoms with E-state index in [4.69, 9.17) is 4.74 Å². The number of benzene rings is 2. The van der Waals surface area contributed by atoms with Gasteiger partial charge in [-0.1, -0.05) is 28.1 Å². The molecule has 0 N–H and O–H groups in total. The fourth-order valence-electron chi connectivity index (χ4n) is 1.62. The lowest BCUT2D eigenvalue weighted by atomic mass is 10.1. The van der Waals surface area contributed by atoms with Crippen LogP contribution < -0.4 is 4.74 Å². The molecule has 0 saturated heterocycles. The van der Waals surface area contributed by atoms with Crippen LogP contribution in [-0.4, -0.2) is 5.78 Å². The molecule has 19 heavy (non-hydrogen) atoms. The summed E-state index contributed by atoms with van der Waals surface area (Å²) in [5.41, 5.74) is 1.07. The lowest BCUT2D eigenvalue weighted by molar-refractivity contribution is 0.101. The molecule has 4 heteroatoms. The maximum absolute atomic E-state index is 13.6. The van der Waals surface area contributed by atoms with Gasteiger partial charge >= 0.3 is 0 Å². The van der Waals surface area contributed by atoms with Crippen LogP contribution in [0.25, 0.3) is 0 Å². The molecule has 0 unspecified atom stereocenters. The Bertz CT molecular complexity index is 594. The normalized spacial score (nSPS) is 10.3. The minimum Gasteiger partial charge on any atom is -0.489 e. The summed E-state index contributed by atoms with van der Waals surface area (Å²) in [6.45, 7) is 1.69. The van der Waals surface area contributed by atoms with Gasteiger partial charge in [0.05, 0.1) is 5.56 Å². The Kier molecular flexibility index (Phi) is 4.32. The van der Waals surface area contributed by atoms with Crippen molar-refractivity contribution in [3.05, 3.63) is 63.9 Å². The minimum atomic E-state index is -0.555. The molecular formula is C15H12BrFO2. The minimum absolute atomic E-state index is 0.0796. The molecule has 0 bridgehead atoms. The Labute approximate surface area is 119 Å². The molecule has 0 radical (unpaired) electrons. The summed E-state index contributed by atoms with van der Waals surface area (Å²) >= 11 is 3.35. The van der Waals surface area contributed by atoms with Crippen molar-refractivity contribution in [1.29, 1.82) is 0 Å². The average Bonchev–Trinajstić information content (AvgIpc) is 2.37. The van der Waals surface area contributed by atoms with Gasteiger partial charge in [0, 0.05) is 10.5 Å². The molecule has 0 fully saturated rings. The van der Waals surface area contributed by atoms with Gasteiger partial charge in [0.1, 0.15) is 18.2 Å². The van der Waals surface area contributed by atoms with Gasteiger partial charge < -0.3 is 4.74 Å². The number of Topliss-reactive ketones (excluding diaryl/α,β-unsaturated/α-hetero) is 1. The lowest BCUT2D eigenvalue weighted by Gasteiger charge is -2.07. The molecule has 0 spiro atoms. The first-order valence-corrected chi connectivity index (χ1v) is 6.53. The van der Waals surface area contributed by atoms with E-state index in [2.05, 4.69) is 15.9 Å². The average molecular weight is 323 g/mol. The maximum Gasteiger partial charge on any atom is 0.162 e. The number of hydrogen-bond donors (Lipinski definition) is 0. The van der Waals surface area contributed by atoms with Gasteiger partial charge in [-0.2, -0.15) is 0 Å². The molecule has 0 aliphatic rings. The van der Waals surface area contributed by atoms with Gasteiger partial charge in [-0.25, -0.2) is 4.39 Å². The van der Waals surface area contributed by atoms with E-state index in [-0.39, 0.29) is 11.3 Å². The van der Waals surface area contributed by atoms with Crippen molar-refractivity contribution in [2.24, 2.45) is 0 Å². The highest BCUT2D eigenvalue weighted by Crippen LogP contribution is 2.19. The fourth-order valence-corrected chi connectivity index (χ4v) is 1.88. The van der Waals surface area contributed by atoms with Gasteiger partial charge in [0.2, 0.25) is 0 Å². The van der Waals surface area contributed by atoms with Crippen LogP contribution >= 0.6 is 15.9 Å². The van der Waals surface area contributed by atoms with Crippen molar-refractivity contribution >= 4 is 21.7 Å². The molecule has 0 aliphatic carbocycles. The standard InChI is InChI=1S/C15H12BrFO2/c1-10(18)14-7-6-13(8-15(14)17)19-9-11-2-4-12(16)5-3-11/h2-8H,9H2,1H3. The number of ketones is 1. The predicted octanol–water partition coefficient (Wildman–Crippen LogP) is 4.37. The second-order valence-electron chi connectivity index (χ2n) is 4.11. The van der Waals surface area contributed by atoms with Gasteiger partial charge in [-0.05, 0) is 36.8 Å². The molecule has 2 rings (SSSR count). The summed E-state index contributed by atoms with van der Waals surface area (Å²) in [5.74, 6) is -0.441. The first-order valence-electron chi connectivity index (χ1n) is 5.74. The van der Waals surface area contributed by atoms with Crippen molar-refractivity contribution < 1.29 is 13.9 Å². The van der Waals surface area contributed by atoms with E-state index >= 15 is 0 Å². The van der Waals surface area contributed by atoms with E-state index in [1.165, 1.54) is 19.1 Å². The maximum atomic E-state index is 13.6. The molecule has 2 aromatic rings. The third kappa shape index (κ3) is 3.64. The number of hydrogen-bond acceptors (Lipinski definition) is 2. The van der Waals surface area contributed by atoms with Gasteiger partial charge in [-0.15, -0.1) is 0 Å². The molecule has 0 amide bonds. The van der Waals surface area contributed by atoms with Crippen LogP contribution in [0.15, 0.2) is 46.9 Å². The summed E-state index contributed by atoms with van der Waals surface area (Å²) in [4.78, 5) is 11.1. The second-order valence-corrected chi connectivity index (χ2v) is 5.03. The number of carbonyl (C=O) groups excluding carboxylic acids is 1. The topological polar surface area (TPSA) is 26.3 Å². The highest BCUT2D eigenvalue weighted by molar-refractivity contribution is 9.10. The zero-order valence-corrected chi connectivity index (χ0v) is 11.9. The van der Waals surface area contributed by atoms with Crippen LogP contribution in [0.3, 0.4) is 0 Å². The van der Waals surface area contributed by atoms with Gasteiger partial charge in [-0.3, -0.25) is 4.79 Å². The monoisotopic (exact) mass is 322 g/mol. The van der Waals surface area contributed by atoms with Crippen LogP contribution in [-0.2, 0) is 6.61 Å². The lowest BCUT2D eigenvalue weighted by Crippen LogP contribution is -1.99. The third-order valence-electron chi connectivity index (χ3n) is 2.64. The molecular weight excluding hydrogens is 311 g/mol. The van der Waals surface area contributed by atoms with Crippen LogP contribution in [0.1, 0.15) is 22.8 Å². The SMILES string of the molecule is CC(=O)c1ccc(OCc2ccc(Br)cc2)cc1F. The van der Waals surface area contributed by atoms with Crippen molar-refractivity contribution in [2.45, 2.75) is 13.5 Å².